The molecule has 138 valence electrons. The van der Waals surface area contributed by atoms with Gasteiger partial charge in [-0.3, -0.25) is 9.69 Å². The molecule has 2 unspecified atom stereocenters. The average Bonchev–Trinajstić information content (AvgIpc) is 2.50. The summed E-state index contributed by atoms with van der Waals surface area (Å²) in [5, 5.41) is 6.52. The molecular formula is C17H35Cl2N3O. The molecule has 0 aromatic heterocycles. The fourth-order valence-corrected chi connectivity index (χ4v) is 3.77. The molecular weight excluding hydrogens is 333 g/mol. The van der Waals surface area contributed by atoms with Gasteiger partial charge >= 0.3 is 0 Å². The second kappa shape index (κ2) is 12.3. The molecule has 1 amide bonds. The van der Waals surface area contributed by atoms with Crippen molar-refractivity contribution in [2.75, 3.05) is 32.7 Å². The molecule has 0 aromatic carbocycles. The Bertz CT molecular complexity index is 325. The van der Waals surface area contributed by atoms with E-state index in [1.807, 2.05) is 0 Å². The summed E-state index contributed by atoms with van der Waals surface area (Å²) in [7, 11) is 0. The van der Waals surface area contributed by atoms with E-state index in [2.05, 4.69) is 29.4 Å². The quantitative estimate of drug-likeness (QED) is 0.758. The lowest BCUT2D eigenvalue weighted by Gasteiger charge is -2.33. The molecule has 2 N–H and O–H groups in total. The Morgan fingerprint density at radius 2 is 1.91 bits per heavy atom. The SMILES string of the molecule is CC(CC(=O)NCCN1CCCCC1C)C1CCNCC1.Cl.Cl. The summed E-state index contributed by atoms with van der Waals surface area (Å²) >= 11 is 0. The molecule has 6 heteroatoms. The molecule has 2 saturated heterocycles. The number of halogens is 2. The molecule has 2 heterocycles. The third-order valence-electron chi connectivity index (χ3n) is 5.36. The van der Waals surface area contributed by atoms with Crippen molar-refractivity contribution in [2.45, 2.75) is 58.4 Å². The first-order chi connectivity index (χ1) is 10.2. The molecule has 4 nitrogen and oxygen atoms in total. The van der Waals surface area contributed by atoms with Crippen molar-refractivity contribution >= 4 is 30.7 Å². The van der Waals surface area contributed by atoms with Crippen LogP contribution < -0.4 is 10.6 Å². The van der Waals surface area contributed by atoms with Crippen LogP contribution in [0.4, 0.5) is 0 Å². The highest BCUT2D eigenvalue weighted by Gasteiger charge is 2.22. The summed E-state index contributed by atoms with van der Waals surface area (Å²) in [4.78, 5) is 14.6. The van der Waals surface area contributed by atoms with Gasteiger partial charge in [0.2, 0.25) is 5.91 Å². The van der Waals surface area contributed by atoms with E-state index in [1.54, 1.807) is 0 Å². The molecule has 0 saturated carbocycles. The van der Waals surface area contributed by atoms with Gasteiger partial charge in [0.05, 0.1) is 0 Å². The van der Waals surface area contributed by atoms with Crippen LogP contribution >= 0.6 is 24.8 Å². The normalized spacial score (nSPS) is 24.2. The van der Waals surface area contributed by atoms with Gasteiger partial charge < -0.3 is 10.6 Å². The van der Waals surface area contributed by atoms with Crippen LogP contribution in [0.2, 0.25) is 0 Å². The first-order valence-electron chi connectivity index (χ1n) is 8.88. The third kappa shape index (κ3) is 8.06. The highest BCUT2D eigenvalue weighted by atomic mass is 35.5. The van der Waals surface area contributed by atoms with Crippen molar-refractivity contribution in [3.63, 3.8) is 0 Å². The fraction of sp³-hybridized carbons (Fsp3) is 0.941. The van der Waals surface area contributed by atoms with E-state index in [9.17, 15) is 4.79 Å². The number of carbonyl (C=O) groups excluding carboxylic acids is 1. The topological polar surface area (TPSA) is 44.4 Å². The Labute approximate surface area is 154 Å². The third-order valence-corrected chi connectivity index (χ3v) is 5.36. The Kier molecular flexibility index (Phi) is 12.3. The minimum absolute atomic E-state index is 0. The van der Waals surface area contributed by atoms with E-state index in [4.69, 9.17) is 0 Å². The van der Waals surface area contributed by atoms with Crippen molar-refractivity contribution in [3.8, 4) is 0 Å². The van der Waals surface area contributed by atoms with Gasteiger partial charge in [-0.2, -0.15) is 0 Å². The standard InChI is InChI=1S/C17H33N3O.2ClH/c1-14(16-6-8-18-9-7-16)13-17(21)19-10-12-20-11-4-3-5-15(20)2;;/h14-16,18H,3-13H2,1-2H3,(H,19,21);2*1H. The van der Waals surface area contributed by atoms with E-state index in [0.717, 1.165) is 32.1 Å². The molecule has 0 spiro atoms. The van der Waals surface area contributed by atoms with Crippen LogP contribution in [0.25, 0.3) is 0 Å². The zero-order valence-electron chi connectivity index (χ0n) is 14.7. The van der Waals surface area contributed by atoms with Crippen LogP contribution in [0.3, 0.4) is 0 Å². The first-order valence-corrected chi connectivity index (χ1v) is 8.88. The van der Waals surface area contributed by atoms with Crippen molar-refractivity contribution in [1.29, 1.82) is 0 Å². The minimum atomic E-state index is 0. The predicted octanol–water partition coefficient (Wildman–Crippen LogP) is 2.85. The van der Waals surface area contributed by atoms with Crippen molar-refractivity contribution < 1.29 is 4.79 Å². The van der Waals surface area contributed by atoms with E-state index < -0.39 is 0 Å². The Morgan fingerprint density at radius 3 is 2.57 bits per heavy atom. The molecule has 2 aliphatic rings. The second-order valence-electron chi connectivity index (χ2n) is 7.00. The van der Waals surface area contributed by atoms with Gasteiger partial charge in [-0.15, -0.1) is 24.8 Å². The van der Waals surface area contributed by atoms with E-state index >= 15 is 0 Å². The van der Waals surface area contributed by atoms with Gasteiger partial charge in [0.15, 0.2) is 0 Å². The largest absolute Gasteiger partial charge is 0.355 e. The van der Waals surface area contributed by atoms with Gasteiger partial charge in [0, 0.05) is 25.6 Å². The summed E-state index contributed by atoms with van der Waals surface area (Å²) in [6.45, 7) is 9.79. The number of rotatable bonds is 6. The van der Waals surface area contributed by atoms with Crippen LogP contribution in [-0.2, 0) is 4.79 Å². The van der Waals surface area contributed by atoms with Crippen LogP contribution in [0.5, 0.6) is 0 Å². The zero-order valence-corrected chi connectivity index (χ0v) is 16.3. The molecule has 2 fully saturated rings. The molecule has 23 heavy (non-hydrogen) atoms. The highest BCUT2D eigenvalue weighted by Crippen LogP contribution is 2.24. The van der Waals surface area contributed by atoms with Gasteiger partial charge in [0.1, 0.15) is 0 Å². The molecule has 0 aliphatic carbocycles. The zero-order chi connectivity index (χ0) is 15.1. The number of amides is 1. The van der Waals surface area contributed by atoms with E-state index in [0.29, 0.717) is 18.4 Å². The van der Waals surface area contributed by atoms with E-state index in [-0.39, 0.29) is 30.7 Å². The molecule has 2 atom stereocenters. The van der Waals surface area contributed by atoms with Gasteiger partial charge in [-0.25, -0.2) is 0 Å². The fourth-order valence-electron chi connectivity index (χ4n) is 3.77. The predicted molar refractivity (Wildman–Crippen MR) is 102 cm³/mol. The van der Waals surface area contributed by atoms with Crippen molar-refractivity contribution in [2.24, 2.45) is 11.8 Å². The monoisotopic (exact) mass is 367 g/mol. The average molecular weight is 368 g/mol. The maximum Gasteiger partial charge on any atom is 0.220 e. The smallest absolute Gasteiger partial charge is 0.220 e. The van der Waals surface area contributed by atoms with E-state index in [1.165, 1.54) is 38.6 Å². The highest BCUT2D eigenvalue weighted by molar-refractivity contribution is 5.85. The number of piperidine rings is 2. The Hall–Kier alpha value is -0.0300. The molecule has 2 rings (SSSR count). The van der Waals surface area contributed by atoms with Crippen molar-refractivity contribution in [1.82, 2.24) is 15.5 Å². The van der Waals surface area contributed by atoms with Gasteiger partial charge in [0.25, 0.3) is 0 Å². The number of hydrogen-bond donors (Lipinski definition) is 2. The lowest BCUT2D eigenvalue weighted by molar-refractivity contribution is -0.122. The van der Waals surface area contributed by atoms with Crippen LogP contribution in [0.1, 0.15) is 52.4 Å². The number of carbonyl (C=O) groups is 1. The molecule has 0 bridgehead atoms. The minimum Gasteiger partial charge on any atom is -0.355 e. The summed E-state index contributed by atoms with van der Waals surface area (Å²) in [6, 6.07) is 0.685. The second-order valence-corrected chi connectivity index (χ2v) is 7.00. The van der Waals surface area contributed by atoms with Gasteiger partial charge in [-0.1, -0.05) is 13.3 Å². The number of hydrogen-bond acceptors (Lipinski definition) is 3. The van der Waals surface area contributed by atoms with Crippen LogP contribution in [-0.4, -0.2) is 49.6 Å². The molecule has 0 radical (unpaired) electrons. The molecule has 2 aliphatic heterocycles. The number of nitrogens with zero attached hydrogens (tertiary/aromatic N) is 1. The summed E-state index contributed by atoms with van der Waals surface area (Å²) in [6.07, 6.45) is 7.11. The maximum atomic E-state index is 12.1. The molecule has 0 aromatic rings. The van der Waals surface area contributed by atoms with Crippen LogP contribution in [0.15, 0.2) is 0 Å². The lowest BCUT2D eigenvalue weighted by atomic mass is 9.84. The Morgan fingerprint density at radius 1 is 1.22 bits per heavy atom. The summed E-state index contributed by atoms with van der Waals surface area (Å²) in [5.74, 6) is 1.48. The summed E-state index contributed by atoms with van der Waals surface area (Å²) < 4.78 is 0. The number of likely N-dealkylation sites (tertiary alicyclic amines) is 1. The lowest BCUT2D eigenvalue weighted by Crippen LogP contribution is -2.42. The van der Waals surface area contributed by atoms with Gasteiger partial charge in [-0.05, 0) is 64.1 Å². The number of nitrogens with one attached hydrogen (secondary N) is 2. The van der Waals surface area contributed by atoms with Crippen molar-refractivity contribution in [3.05, 3.63) is 0 Å². The summed E-state index contributed by atoms with van der Waals surface area (Å²) in [5.41, 5.74) is 0. The Balaban J connectivity index is 0.00000242. The van der Waals surface area contributed by atoms with Crippen LogP contribution in [0, 0.1) is 11.8 Å². The maximum absolute atomic E-state index is 12.1. The first kappa shape index (κ1) is 23.0.